The van der Waals surface area contributed by atoms with Crippen molar-refractivity contribution in [1.29, 1.82) is 0 Å². The van der Waals surface area contributed by atoms with E-state index < -0.39 is 0 Å². The fraction of sp³-hybridized carbons (Fsp3) is 0.261. The van der Waals surface area contributed by atoms with E-state index in [1.807, 2.05) is 42.5 Å². The Bertz CT molecular complexity index is 977. The van der Waals surface area contributed by atoms with Crippen LogP contribution in [0, 0.1) is 5.92 Å². The third-order valence-electron chi connectivity index (χ3n) is 5.40. The number of hydrogen-bond acceptors (Lipinski definition) is 3. The van der Waals surface area contributed by atoms with Crippen molar-refractivity contribution in [2.75, 3.05) is 13.1 Å². The Balaban J connectivity index is 1.47. The number of aryl methyl sites for hydroxylation is 1. The number of carbonyl (C=O) groups excluding carboxylic acids is 2. The monoisotopic (exact) mass is 373 g/mol. The van der Waals surface area contributed by atoms with Gasteiger partial charge in [-0.05, 0) is 30.0 Å². The van der Waals surface area contributed by atoms with Gasteiger partial charge in [0.2, 0.25) is 0 Å². The highest BCUT2D eigenvalue weighted by atomic mass is 16.2. The number of rotatable bonds is 4. The van der Waals surface area contributed by atoms with Crippen molar-refractivity contribution in [3.63, 3.8) is 0 Å². The van der Waals surface area contributed by atoms with Crippen LogP contribution in [0.5, 0.6) is 0 Å². The maximum Gasteiger partial charge on any atom is 0.272 e. The van der Waals surface area contributed by atoms with Gasteiger partial charge in [-0.15, -0.1) is 0 Å². The second-order valence-corrected chi connectivity index (χ2v) is 7.24. The van der Waals surface area contributed by atoms with Crippen molar-refractivity contribution in [3.05, 3.63) is 78.1 Å². The normalized spacial score (nSPS) is 16.8. The van der Waals surface area contributed by atoms with E-state index in [1.165, 1.54) is 0 Å². The van der Waals surface area contributed by atoms with Crippen LogP contribution in [0.15, 0.2) is 66.9 Å². The van der Waals surface area contributed by atoms with Crippen molar-refractivity contribution in [2.24, 2.45) is 13.0 Å². The summed E-state index contributed by atoms with van der Waals surface area (Å²) in [6.07, 6.45) is 3.27. The summed E-state index contributed by atoms with van der Waals surface area (Å²) in [5.41, 5.74) is 3.49. The molecule has 1 aliphatic heterocycles. The Labute approximate surface area is 164 Å². The predicted molar refractivity (Wildman–Crippen MR) is 108 cm³/mol. The van der Waals surface area contributed by atoms with Gasteiger partial charge < -0.3 is 4.90 Å². The highest BCUT2D eigenvalue weighted by Crippen LogP contribution is 2.24. The van der Waals surface area contributed by atoms with Gasteiger partial charge in [-0.1, -0.05) is 54.6 Å². The molecule has 2 aromatic carbocycles. The van der Waals surface area contributed by atoms with Gasteiger partial charge in [-0.2, -0.15) is 5.10 Å². The lowest BCUT2D eigenvalue weighted by Crippen LogP contribution is -2.43. The van der Waals surface area contributed by atoms with Crippen molar-refractivity contribution in [1.82, 2.24) is 14.7 Å². The third-order valence-corrected chi connectivity index (χ3v) is 5.40. The van der Waals surface area contributed by atoms with Crippen LogP contribution in [0.1, 0.15) is 33.7 Å². The molecule has 5 heteroatoms. The Hall–Kier alpha value is -3.21. The Morgan fingerprint density at radius 2 is 1.68 bits per heavy atom. The minimum atomic E-state index is -0.159. The molecule has 0 aliphatic carbocycles. The van der Waals surface area contributed by atoms with Gasteiger partial charge >= 0.3 is 0 Å². The number of benzene rings is 2. The van der Waals surface area contributed by atoms with Crippen LogP contribution in [0.4, 0.5) is 0 Å². The molecule has 1 unspecified atom stereocenters. The topological polar surface area (TPSA) is 55.2 Å². The maximum absolute atomic E-state index is 13.0. The van der Waals surface area contributed by atoms with Gasteiger partial charge in [0.25, 0.3) is 5.91 Å². The molecule has 4 rings (SSSR count). The number of Topliss-reactive ketones (excluding diaryl/α,β-unsaturated/α-hetero) is 1. The van der Waals surface area contributed by atoms with Crippen molar-refractivity contribution < 1.29 is 9.59 Å². The number of aromatic nitrogens is 2. The van der Waals surface area contributed by atoms with Crippen molar-refractivity contribution >= 4 is 11.7 Å². The lowest BCUT2D eigenvalue weighted by molar-refractivity contribution is 0.0628. The molecule has 1 amide bonds. The Morgan fingerprint density at radius 1 is 0.964 bits per heavy atom. The molecule has 3 aromatic rings. The molecule has 0 saturated carbocycles. The summed E-state index contributed by atoms with van der Waals surface area (Å²) in [5, 5.41) is 4.07. The molecule has 1 saturated heterocycles. The van der Waals surface area contributed by atoms with Crippen LogP contribution in [0.25, 0.3) is 11.1 Å². The van der Waals surface area contributed by atoms with Gasteiger partial charge in [0, 0.05) is 37.8 Å². The lowest BCUT2D eigenvalue weighted by atomic mass is 9.89. The summed E-state index contributed by atoms with van der Waals surface area (Å²) in [5.74, 6) is -0.104. The van der Waals surface area contributed by atoms with Crippen molar-refractivity contribution in [3.8, 4) is 11.1 Å². The van der Waals surface area contributed by atoms with E-state index in [4.69, 9.17) is 0 Å². The fourth-order valence-electron chi connectivity index (χ4n) is 3.81. The van der Waals surface area contributed by atoms with E-state index in [1.54, 1.807) is 28.9 Å². The smallest absolute Gasteiger partial charge is 0.272 e. The summed E-state index contributed by atoms with van der Waals surface area (Å²) in [6, 6.07) is 19.6. The van der Waals surface area contributed by atoms with E-state index in [0.29, 0.717) is 24.3 Å². The summed E-state index contributed by atoms with van der Waals surface area (Å²) < 4.78 is 1.58. The summed E-state index contributed by atoms with van der Waals surface area (Å²) in [6.45, 7) is 1.14. The number of piperidine rings is 1. The van der Waals surface area contributed by atoms with Gasteiger partial charge in [0.05, 0.1) is 0 Å². The molecule has 0 spiro atoms. The number of ketones is 1. The third kappa shape index (κ3) is 3.60. The van der Waals surface area contributed by atoms with Crippen molar-refractivity contribution in [2.45, 2.75) is 12.8 Å². The number of hydrogen-bond donors (Lipinski definition) is 0. The van der Waals surface area contributed by atoms with E-state index in [2.05, 4.69) is 17.2 Å². The minimum absolute atomic E-state index is 0.0584. The molecule has 1 fully saturated rings. The van der Waals surface area contributed by atoms with E-state index in [0.717, 1.165) is 24.0 Å². The number of nitrogens with zero attached hydrogens (tertiary/aromatic N) is 3. The average Bonchev–Trinajstić information content (AvgIpc) is 3.19. The van der Waals surface area contributed by atoms with E-state index >= 15 is 0 Å². The zero-order valence-corrected chi connectivity index (χ0v) is 15.9. The quantitative estimate of drug-likeness (QED) is 0.653. The molecule has 142 valence electrons. The highest BCUT2D eigenvalue weighted by molar-refractivity contribution is 5.99. The molecule has 28 heavy (non-hydrogen) atoms. The largest absolute Gasteiger partial charge is 0.337 e. The van der Waals surface area contributed by atoms with Crippen LogP contribution in [0.2, 0.25) is 0 Å². The lowest BCUT2D eigenvalue weighted by Gasteiger charge is -2.32. The first-order valence-corrected chi connectivity index (χ1v) is 9.60. The molecular formula is C23H23N3O2. The van der Waals surface area contributed by atoms with Gasteiger partial charge in [-0.3, -0.25) is 14.3 Å². The Kier molecular flexibility index (Phi) is 5.06. The summed E-state index contributed by atoms with van der Waals surface area (Å²) in [7, 11) is 1.76. The number of amides is 1. The van der Waals surface area contributed by atoms with Gasteiger partial charge in [0.15, 0.2) is 5.78 Å². The number of likely N-dealkylation sites (tertiary alicyclic amines) is 1. The molecule has 0 radical (unpaired) electrons. The first-order valence-electron chi connectivity index (χ1n) is 9.60. The van der Waals surface area contributed by atoms with E-state index in [-0.39, 0.29) is 17.6 Å². The zero-order valence-electron chi connectivity index (χ0n) is 15.9. The van der Waals surface area contributed by atoms with Gasteiger partial charge in [0.1, 0.15) is 5.69 Å². The predicted octanol–water partition coefficient (Wildman–Crippen LogP) is 3.82. The molecule has 1 atom stereocenters. The molecule has 1 aliphatic rings. The standard InChI is InChI=1S/C23H23N3O2/c1-25-21(13-14-24-25)23(28)26-15-5-8-20(16-26)22(27)19-11-9-18(10-12-19)17-6-3-2-4-7-17/h2-4,6-7,9-14,20H,5,8,15-16H2,1H3. The van der Waals surface area contributed by atoms with Crippen LogP contribution < -0.4 is 0 Å². The van der Waals surface area contributed by atoms with E-state index in [9.17, 15) is 9.59 Å². The Morgan fingerprint density at radius 3 is 2.36 bits per heavy atom. The molecule has 0 N–H and O–H groups in total. The first kappa shape index (κ1) is 18.2. The molecule has 5 nitrogen and oxygen atoms in total. The summed E-state index contributed by atoms with van der Waals surface area (Å²) in [4.78, 5) is 27.5. The fourth-order valence-corrected chi connectivity index (χ4v) is 3.81. The second-order valence-electron chi connectivity index (χ2n) is 7.24. The van der Waals surface area contributed by atoms with Crippen LogP contribution >= 0.6 is 0 Å². The highest BCUT2D eigenvalue weighted by Gasteiger charge is 2.30. The molecular weight excluding hydrogens is 350 g/mol. The molecule has 1 aromatic heterocycles. The SMILES string of the molecule is Cn1nccc1C(=O)N1CCCC(C(=O)c2ccc(-c3ccccc3)cc2)C1. The maximum atomic E-state index is 13.0. The zero-order chi connectivity index (χ0) is 19.5. The average molecular weight is 373 g/mol. The second kappa shape index (κ2) is 7.80. The molecule has 0 bridgehead atoms. The molecule has 2 heterocycles. The minimum Gasteiger partial charge on any atom is -0.337 e. The van der Waals surface area contributed by atoms with Gasteiger partial charge in [-0.25, -0.2) is 0 Å². The summed E-state index contributed by atoms with van der Waals surface area (Å²) >= 11 is 0. The number of carbonyl (C=O) groups is 2. The van der Waals surface area contributed by atoms with Crippen LogP contribution in [-0.4, -0.2) is 39.5 Å². The first-order chi connectivity index (χ1) is 13.6. The van der Waals surface area contributed by atoms with Crippen LogP contribution in [0.3, 0.4) is 0 Å². The van der Waals surface area contributed by atoms with Crippen LogP contribution in [-0.2, 0) is 7.05 Å².